The number of nitrogens with one attached hydrogen (secondary N) is 3. The number of carbonyl (C=O) groups is 1. The van der Waals surface area contributed by atoms with E-state index in [1.54, 1.807) is 19.2 Å². The summed E-state index contributed by atoms with van der Waals surface area (Å²) in [7, 11) is 1.59. The van der Waals surface area contributed by atoms with E-state index < -0.39 is 11.6 Å². The molecule has 1 aliphatic heterocycles. The van der Waals surface area contributed by atoms with E-state index in [2.05, 4.69) is 20.9 Å². The second-order valence-electron chi connectivity index (χ2n) is 7.06. The van der Waals surface area contributed by atoms with Crippen molar-refractivity contribution in [1.29, 1.82) is 0 Å². The number of benzene rings is 2. The molecular weight excluding hydrogens is 390 g/mol. The van der Waals surface area contributed by atoms with Crippen molar-refractivity contribution in [2.24, 2.45) is 4.99 Å². The van der Waals surface area contributed by atoms with Gasteiger partial charge in [-0.3, -0.25) is 9.79 Å². The van der Waals surface area contributed by atoms with Crippen molar-refractivity contribution in [3.8, 4) is 0 Å². The van der Waals surface area contributed by atoms with Gasteiger partial charge in [0.05, 0.1) is 6.10 Å². The summed E-state index contributed by atoms with van der Waals surface area (Å²) in [5, 5.41) is 8.96. The minimum Gasteiger partial charge on any atom is -0.376 e. The van der Waals surface area contributed by atoms with Crippen molar-refractivity contribution in [1.82, 2.24) is 16.0 Å². The van der Waals surface area contributed by atoms with Crippen LogP contribution in [0.5, 0.6) is 0 Å². The first kappa shape index (κ1) is 21.7. The Bertz CT molecular complexity index is 898. The normalized spacial score (nSPS) is 16.4. The zero-order chi connectivity index (χ0) is 21.3. The number of aliphatic imine (C=N–C) groups is 1. The van der Waals surface area contributed by atoms with Gasteiger partial charge in [0, 0.05) is 44.4 Å². The fourth-order valence-electron chi connectivity index (χ4n) is 3.20. The molecule has 0 radical (unpaired) electrons. The number of guanidine groups is 1. The first-order chi connectivity index (χ1) is 14.5. The Morgan fingerprint density at radius 3 is 2.73 bits per heavy atom. The lowest BCUT2D eigenvalue weighted by Crippen LogP contribution is -2.36. The van der Waals surface area contributed by atoms with E-state index in [4.69, 9.17) is 4.74 Å². The van der Waals surface area contributed by atoms with E-state index >= 15 is 0 Å². The maximum absolute atomic E-state index is 13.7. The number of hydrogen-bond acceptors (Lipinski definition) is 3. The molecule has 0 saturated carbocycles. The molecule has 160 valence electrons. The van der Waals surface area contributed by atoms with Gasteiger partial charge < -0.3 is 20.7 Å². The van der Waals surface area contributed by atoms with Crippen molar-refractivity contribution in [2.75, 3.05) is 20.2 Å². The zero-order valence-corrected chi connectivity index (χ0v) is 16.9. The van der Waals surface area contributed by atoms with Crippen LogP contribution >= 0.6 is 0 Å². The van der Waals surface area contributed by atoms with Crippen molar-refractivity contribution >= 4 is 11.9 Å². The summed E-state index contributed by atoms with van der Waals surface area (Å²) in [4.78, 5) is 16.5. The molecule has 1 fully saturated rings. The van der Waals surface area contributed by atoms with Crippen LogP contribution < -0.4 is 16.0 Å². The van der Waals surface area contributed by atoms with Crippen LogP contribution in [0, 0.1) is 11.6 Å². The number of rotatable bonds is 7. The molecule has 1 atom stereocenters. The quantitative estimate of drug-likeness (QED) is 0.479. The number of nitrogens with zero attached hydrogens (tertiary/aromatic N) is 1. The van der Waals surface area contributed by atoms with Crippen LogP contribution in [0.25, 0.3) is 0 Å². The zero-order valence-electron chi connectivity index (χ0n) is 16.9. The summed E-state index contributed by atoms with van der Waals surface area (Å²) < 4.78 is 32.6. The molecule has 1 amide bonds. The van der Waals surface area contributed by atoms with E-state index in [1.807, 2.05) is 12.1 Å². The molecule has 0 bridgehead atoms. The molecule has 3 rings (SSSR count). The Kier molecular flexibility index (Phi) is 7.73. The van der Waals surface area contributed by atoms with Gasteiger partial charge in [0.2, 0.25) is 0 Å². The molecule has 2 aromatic carbocycles. The predicted octanol–water partition coefficient (Wildman–Crippen LogP) is 2.74. The van der Waals surface area contributed by atoms with Crippen molar-refractivity contribution in [3.63, 3.8) is 0 Å². The summed E-state index contributed by atoms with van der Waals surface area (Å²) in [5.41, 5.74) is 1.67. The maximum Gasteiger partial charge on any atom is 0.251 e. The van der Waals surface area contributed by atoms with E-state index in [0.29, 0.717) is 24.6 Å². The summed E-state index contributed by atoms with van der Waals surface area (Å²) in [5.74, 6) is -0.685. The minimum absolute atomic E-state index is 0.0922. The highest BCUT2D eigenvalue weighted by atomic mass is 19.1. The highest BCUT2D eigenvalue weighted by molar-refractivity contribution is 5.94. The molecule has 1 saturated heterocycles. The number of halogens is 2. The van der Waals surface area contributed by atoms with Gasteiger partial charge in [-0.2, -0.15) is 0 Å². The highest BCUT2D eigenvalue weighted by Gasteiger charge is 2.16. The first-order valence-corrected chi connectivity index (χ1v) is 9.92. The Morgan fingerprint density at radius 1 is 1.13 bits per heavy atom. The summed E-state index contributed by atoms with van der Waals surface area (Å²) in [6.45, 7) is 1.77. The van der Waals surface area contributed by atoms with Crippen molar-refractivity contribution < 1.29 is 18.3 Å². The molecule has 1 heterocycles. The fraction of sp³-hybridized carbons (Fsp3) is 0.364. The molecule has 0 spiro atoms. The van der Waals surface area contributed by atoms with Gasteiger partial charge in [-0.05, 0) is 48.7 Å². The van der Waals surface area contributed by atoms with Crippen LogP contribution in [0.4, 0.5) is 8.78 Å². The van der Waals surface area contributed by atoms with Crippen molar-refractivity contribution in [3.05, 3.63) is 70.8 Å². The van der Waals surface area contributed by atoms with Crippen LogP contribution in [0.2, 0.25) is 0 Å². The summed E-state index contributed by atoms with van der Waals surface area (Å²) in [6.07, 6.45) is 2.09. The average Bonchev–Trinajstić information content (AvgIpc) is 3.28. The van der Waals surface area contributed by atoms with Crippen molar-refractivity contribution in [2.45, 2.75) is 32.0 Å². The SMILES string of the molecule is CN=C(NCc1cccc(C(=O)NCC2CCCO2)c1)NCc1cc(F)ccc1F. The Hall–Kier alpha value is -3.00. The van der Waals surface area contributed by atoms with E-state index in [9.17, 15) is 13.6 Å². The molecule has 0 aromatic heterocycles. The van der Waals surface area contributed by atoms with Gasteiger partial charge in [0.1, 0.15) is 11.6 Å². The third kappa shape index (κ3) is 6.25. The lowest BCUT2D eigenvalue weighted by Gasteiger charge is -2.14. The predicted molar refractivity (Wildman–Crippen MR) is 111 cm³/mol. The summed E-state index contributed by atoms with van der Waals surface area (Å²) in [6, 6.07) is 10.6. The van der Waals surface area contributed by atoms with Gasteiger partial charge in [-0.1, -0.05) is 12.1 Å². The minimum atomic E-state index is -0.495. The second kappa shape index (κ2) is 10.7. The van der Waals surface area contributed by atoms with Gasteiger partial charge in [-0.25, -0.2) is 8.78 Å². The topological polar surface area (TPSA) is 74.8 Å². The van der Waals surface area contributed by atoms with Crippen LogP contribution in [0.1, 0.15) is 34.3 Å². The monoisotopic (exact) mass is 416 g/mol. The molecule has 0 aliphatic carbocycles. The largest absolute Gasteiger partial charge is 0.376 e. The molecule has 3 N–H and O–H groups in total. The van der Waals surface area contributed by atoms with Gasteiger partial charge >= 0.3 is 0 Å². The fourth-order valence-corrected chi connectivity index (χ4v) is 3.20. The number of hydrogen-bond donors (Lipinski definition) is 3. The van der Waals surface area contributed by atoms with E-state index in [-0.39, 0.29) is 24.1 Å². The maximum atomic E-state index is 13.7. The smallest absolute Gasteiger partial charge is 0.251 e. The standard InChI is InChI=1S/C22H26F2N4O2/c1-25-22(28-13-17-11-18(23)7-8-20(17)24)27-12-15-4-2-5-16(10-15)21(29)26-14-19-6-3-9-30-19/h2,4-5,7-8,10-11,19H,3,6,9,12-14H2,1H3,(H,26,29)(H2,25,27,28). The second-order valence-corrected chi connectivity index (χ2v) is 7.06. The first-order valence-electron chi connectivity index (χ1n) is 9.92. The molecule has 1 aliphatic rings. The third-order valence-corrected chi connectivity index (χ3v) is 4.84. The third-order valence-electron chi connectivity index (χ3n) is 4.84. The molecule has 8 heteroatoms. The molecule has 1 unspecified atom stereocenters. The number of ether oxygens (including phenoxy) is 1. The summed E-state index contributed by atoms with van der Waals surface area (Å²) >= 11 is 0. The van der Waals surface area contributed by atoms with Crippen LogP contribution in [-0.4, -0.2) is 38.2 Å². The number of carbonyl (C=O) groups excluding carboxylic acids is 1. The molecular formula is C22H26F2N4O2. The van der Waals surface area contributed by atoms with Crippen LogP contribution in [0.3, 0.4) is 0 Å². The molecule has 30 heavy (non-hydrogen) atoms. The Morgan fingerprint density at radius 2 is 1.97 bits per heavy atom. The Labute approximate surface area is 174 Å². The van der Waals surface area contributed by atoms with Crippen LogP contribution in [0.15, 0.2) is 47.5 Å². The average molecular weight is 416 g/mol. The lowest BCUT2D eigenvalue weighted by molar-refractivity contribution is 0.0857. The van der Waals surface area contributed by atoms with E-state index in [0.717, 1.165) is 43.2 Å². The number of amides is 1. The van der Waals surface area contributed by atoms with Gasteiger partial charge in [0.15, 0.2) is 5.96 Å². The molecule has 6 nitrogen and oxygen atoms in total. The van der Waals surface area contributed by atoms with Gasteiger partial charge in [-0.15, -0.1) is 0 Å². The molecule has 2 aromatic rings. The lowest BCUT2D eigenvalue weighted by atomic mass is 10.1. The Balaban J connectivity index is 1.50. The van der Waals surface area contributed by atoms with Gasteiger partial charge in [0.25, 0.3) is 5.91 Å². The van der Waals surface area contributed by atoms with Crippen LogP contribution in [-0.2, 0) is 17.8 Å². The highest BCUT2D eigenvalue weighted by Crippen LogP contribution is 2.12. The van der Waals surface area contributed by atoms with E-state index in [1.165, 1.54) is 0 Å².